The predicted octanol–water partition coefficient (Wildman–Crippen LogP) is 2.10. The average molecular weight is 344 g/mol. The average Bonchev–Trinajstić information content (AvgIpc) is 2.53. The fourth-order valence-corrected chi connectivity index (χ4v) is 2.90. The number of nitrogens with two attached hydrogens (primary N) is 1. The summed E-state index contributed by atoms with van der Waals surface area (Å²) in [5, 5.41) is 2.94. The van der Waals surface area contributed by atoms with Gasteiger partial charge in [0.05, 0.1) is 5.52 Å². The number of aromatic nitrogens is 3. The van der Waals surface area contributed by atoms with Crippen LogP contribution in [0.15, 0.2) is 18.5 Å². The van der Waals surface area contributed by atoms with Gasteiger partial charge in [0.25, 0.3) is 0 Å². The van der Waals surface area contributed by atoms with Gasteiger partial charge in [0.2, 0.25) is 0 Å². The van der Waals surface area contributed by atoms with Crippen LogP contribution < -0.4 is 16.0 Å². The second kappa shape index (κ2) is 6.70. The molecule has 1 fully saturated rings. The van der Waals surface area contributed by atoms with Crippen LogP contribution in [-0.4, -0.2) is 45.8 Å². The number of nitrogens with zero attached hydrogens (tertiary/aromatic N) is 4. The largest absolute Gasteiger partial charge is 0.444 e. The molecule has 0 aliphatic carbocycles. The van der Waals surface area contributed by atoms with E-state index in [0.29, 0.717) is 17.9 Å². The lowest BCUT2D eigenvalue weighted by Crippen LogP contribution is -2.49. The van der Waals surface area contributed by atoms with Crippen molar-refractivity contribution in [3.8, 4) is 0 Å². The highest BCUT2D eigenvalue weighted by atomic mass is 16.6. The molecule has 1 aliphatic rings. The number of pyridine rings is 1. The van der Waals surface area contributed by atoms with Gasteiger partial charge < -0.3 is 20.7 Å². The molecule has 3 rings (SSSR count). The SMILES string of the molecule is CC(C)(C)OC(=O)N[C@H]1CCCN(c2ccc3ncnc(N)c3n2)C1. The molecule has 0 radical (unpaired) electrons. The van der Waals surface area contributed by atoms with Gasteiger partial charge in [-0.2, -0.15) is 0 Å². The number of rotatable bonds is 2. The molecule has 0 spiro atoms. The quantitative estimate of drug-likeness (QED) is 0.859. The van der Waals surface area contributed by atoms with Crippen LogP contribution in [0.25, 0.3) is 11.0 Å². The number of amides is 1. The smallest absolute Gasteiger partial charge is 0.407 e. The van der Waals surface area contributed by atoms with Gasteiger partial charge in [0, 0.05) is 19.1 Å². The lowest BCUT2D eigenvalue weighted by Gasteiger charge is -2.34. The van der Waals surface area contributed by atoms with Crippen molar-refractivity contribution in [2.45, 2.75) is 45.3 Å². The highest BCUT2D eigenvalue weighted by Crippen LogP contribution is 2.22. The van der Waals surface area contributed by atoms with Gasteiger partial charge in [-0.25, -0.2) is 19.7 Å². The van der Waals surface area contributed by atoms with E-state index in [1.54, 1.807) is 0 Å². The highest BCUT2D eigenvalue weighted by molar-refractivity contribution is 5.84. The molecular weight excluding hydrogens is 320 g/mol. The Bertz CT molecular complexity index is 773. The number of alkyl carbamates (subject to hydrolysis) is 1. The molecule has 3 N–H and O–H groups in total. The molecule has 1 amide bonds. The third-order valence-electron chi connectivity index (χ3n) is 3.96. The summed E-state index contributed by atoms with van der Waals surface area (Å²) >= 11 is 0. The Morgan fingerprint density at radius 1 is 1.36 bits per heavy atom. The second-order valence-electron chi connectivity index (χ2n) is 7.23. The number of hydrogen-bond donors (Lipinski definition) is 2. The maximum atomic E-state index is 12.0. The van der Waals surface area contributed by atoms with Crippen molar-refractivity contribution in [1.29, 1.82) is 0 Å². The molecule has 8 nitrogen and oxygen atoms in total. The summed E-state index contributed by atoms with van der Waals surface area (Å²) in [6, 6.07) is 3.83. The lowest BCUT2D eigenvalue weighted by atomic mass is 10.1. The summed E-state index contributed by atoms with van der Waals surface area (Å²) in [4.78, 5) is 26.9. The molecule has 3 heterocycles. The van der Waals surface area contributed by atoms with Gasteiger partial charge in [0.15, 0.2) is 5.82 Å². The Kier molecular flexibility index (Phi) is 4.61. The van der Waals surface area contributed by atoms with Crippen LogP contribution >= 0.6 is 0 Å². The van der Waals surface area contributed by atoms with E-state index in [0.717, 1.165) is 30.7 Å². The van der Waals surface area contributed by atoms with Gasteiger partial charge in [-0.05, 0) is 45.7 Å². The number of nitrogens with one attached hydrogen (secondary N) is 1. The fraction of sp³-hybridized carbons (Fsp3) is 0.529. The van der Waals surface area contributed by atoms with Crippen molar-refractivity contribution in [3.63, 3.8) is 0 Å². The Hall–Kier alpha value is -2.64. The molecule has 2 aromatic rings. The molecule has 0 aromatic carbocycles. The number of nitrogen functional groups attached to an aromatic ring is 1. The number of anilines is 2. The first-order valence-electron chi connectivity index (χ1n) is 8.43. The first kappa shape index (κ1) is 17.2. The molecule has 0 bridgehead atoms. The van der Waals surface area contributed by atoms with Crippen LogP contribution in [0, 0.1) is 0 Å². The monoisotopic (exact) mass is 344 g/mol. The summed E-state index contributed by atoms with van der Waals surface area (Å²) < 4.78 is 5.34. The minimum absolute atomic E-state index is 0.0190. The minimum Gasteiger partial charge on any atom is -0.444 e. The van der Waals surface area contributed by atoms with Crippen LogP contribution in [-0.2, 0) is 4.74 Å². The van der Waals surface area contributed by atoms with E-state index < -0.39 is 5.60 Å². The van der Waals surface area contributed by atoms with Crippen LogP contribution in [0.3, 0.4) is 0 Å². The molecule has 1 saturated heterocycles. The zero-order chi connectivity index (χ0) is 18.0. The Balaban J connectivity index is 1.71. The fourth-order valence-electron chi connectivity index (χ4n) is 2.90. The van der Waals surface area contributed by atoms with Crippen LogP contribution in [0.4, 0.5) is 16.4 Å². The van der Waals surface area contributed by atoms with E-state index in [4.69, 9.17) is 10.5 Å². The minimum atomic E-state index is -0.504. The highest BCUT2D eigenvalue weighted by Gasteiger charge is 2.25. The zero-order valence-corrected chi connectivity index (χ0v) is 14.8. The molecule has 1 aliphatic heterocycles. The summed E-state index contributed by atoms with van der Waals surface area (Å²) in [7, 11) is 0. The number of carbonyl (C=O) groups is 1. The normalized spacial score (nSPS) is 18.2. The topological polar surface area (TPSA) is 106 Å². The third kappa shape index (κ3) is 4.26. The first-order valence-corrected chi connectivity index (χ1v) is 8.43. The molecule has 25 heavy (non-hydrogen) atoms. The number of piperidine rings is 1. The summed E-state index contributed by atoms with van der Waals surface area (Å²) in [5.41, 5.74) is 6.72. The van der Waals surface area contributed by atoms with Crippen molar-refractivity contribution in [1.82, 2.24) is 20.3 Å². The Labute approximate surface area is 146 Å². The van der Waals surface area contributed by atoms with Gasteiger partial charge in [-0.15, -0.1) is 0 Å². The summed E-state index contributed by atoms with van der Waals surface area (Å²) in [6.45, 7) is 7.10. The third-order valence-corrected chi connectivity index (χ3v) is 3.96. The van der Waals surface area contributed by atoms with Gasteiger partial charge in [-0.1, -0.05) is 0 Å². The van der Waals surface area contributed by atoms with Crippen molar-refractivity contribution in [2.75, 3.05) is 23.7 Å². The van der Waals surface area contributed by atoms with E-state index in [-0.39, 0.29) is 12.1 Å². The number of carbonyl (C=O) groups excluding carboxylic acids is 1. The van der Waals surface area contributed by atoms with Gasteiger partial charge in [0.1, 0.15) is 23.3 Å². The molecular formula is C17H24N6O2. The molecule has 0 unspecified atom stereocenters. The van der Waals surface area contributed by atoms with E-state index in [9.17, 15) is 4.79 Å². The predicted molar refractivity (Wildman–Crippen MR) is 96.4 cm³/mol. The van der Waals surface area contributed by atoms with Crippen molar-refractivity contribution in [3.05, 3.63) is 18.5 Å². The van der Waals surface area contributed by atoms with Gasteiger partial charge in [-0.3, -0.25) is 0 Å². The second-order valence-corrected chi connectivity index (χ2v) is 7.23. The number of ether oxygens (including phenoxy) is 1. The molecule has 134 valence electrons. The van der Waals surface area contributed by atoms with Crippen molar-refractivity contribution >= 4 is 28.8 Å². The lowest BCUT2D eigenvalue weighted by molar-refractivity contribution is 0.0500. The van der Waals surface area contributed by atoms with Crippen LogP contribution in [0.1, 0.15) is 33.6 Å². The molecule has 8 heteroatoms. The Morgan fingerprint density at radius 3 is 2.92 bits per heavy atom. The molecule has 2 aromatic heterocycles. The first-order chi connectivity index (χ1) is 11.8. The molecule has 1 atom stereocenters. The summed E-state index contributed by atoms with van der Waals surface area (Å²) in [5.74, 6) is 1.18. The van der Waals surface area contributed by atoms with Gasteiger partial charge >= 0.3 is 6.09 Å². The van der Waals surface area contributed by atoms with Crippen molar-refractivity contribution in [2.24, 2.45) is 0 Å². The zero-order valence-electron chi connectivity index (χ0n) is 14.8. The summed E-state index contributed by atoms with van der Waals surface area (Å²) in [6.07, 6.45) is 2.92. The number of fused-ring (bicyclic) bond motifs is 1. The van der Waals surface area contributed by atoms with E-state index in [1.807, 2.05) is 32.9 Å². The van der Waals surface area contributed by atoms with Crippen molar-refractivity contribution < 1.29 is 9.53 Å². The maximum Gasteiger partial charge on any atom is 0.407 e. The Morgan fingerprint density at radius 2 is 2.16 bits per heavy atom. The van der Waals surface area contributed by atoms with E-state index in [1.165, 1.54) is 6.33 Å². The van der Waals surface area contributed by atoms with Crippen LogP contribution in [0.2, 0.25) is 0 Å². The standard InChI is InChI=1S/C17H24N6O2/c1-17(2,3)25-16(24)21-11-5-4-8-23(9-11)13-7-6-12-14(22-13)15(18)20-10-19-12/h6-7,10-11H,4-5,8-9H2,1-3H3,(H,21,24)(H2,18,19,20)/t11-/m0/s1. The van der Waals surface area contributed by atoms with E-state index in [2.05, 4.69) is 25.2 Å². The van der Waals surface area contributed by atoms with E-state index >= 15 is 0 Å². The number of hydrogen-bond acceptors (Lipinski definition) is 7. The van der Waals surface area contributed by atoms with Crippen LogP contribution in [0.5, 0.6) is 0 Å². The molecule has 0 saturated carbocycles. The maximum absolute atomic E-state index is 12.0.